The van der Waals surface area contributed by atoms with Crippen LogP contribution in [0.2, 0.25) is 0 Å². The van der Waals surface area contributed by atoms with Crippen LogP contribution in [0, 0.1) is 17.8 Å². The van der Waals surface area contributed by atoms with Crippen molar-refractivity contribution < 1.29 is 4.79 Å². The van der Waals surface area contributed by atoms with Crippen molar-refractivity contribution in [3.63, 3.8) is 0 Å². The van der Waals surface area contributed by atoms with Crippen LogP contribution < -0.4 is 5.32 Å². The topological polar surface area (TPSA) is 29.1 Å². The van der Waals surface area contributed by atoms with Gasteiger partial charge in [-0.3, -0.25) is 4.79 Å². The Labute approximate surface area is 129 Å². The van der Waals surface area contributed by atoms with Gasteiger partial charge in [-0.1, -0.05) is 40.5 Å². The molecule has 0 saturated heterocycles. The van der Waals surface area contributed by atoms with Crippen molar-refractivity contribution in [2.24, 2.45) is 17.8 Å². The van der Waals surface area contributed by atoms with E-state index in [4.69, 9.17) is 0 Å². The Balaban J connectivity index is 1.55. The molecule has 0 heterocycles. The number of amides is 1. The standard InChI is InChI=1S/C17H22BrNO/c1-11(15-4-2-3-5-16(15)18)19-17(20)10-14-9-12-6-7-13(14)8-12/h2-5,11-14H,6-10H2,1H3,(H,19,20). The summed E-state index contributed by atoms with van der Waals surface area (Å²) in [7, 11) is 0. The molecule has 2 nitrogen and oxygen atoms in total. The molecular weight excluding hydrogens is 314 g/mol. The van der Waals surface area contributed by atoms with E-state index in [0.717, 1.165) is 28.3 Å². The molecule has 108 valence electrons. The van der Waals surface area contributed by atoms with Crippen LogP contribution in [0.4, 0.5) is 0 Å². The lowest BCUT2D eigenvalue weighted by molar-refractivity contribution is -0.123. The third-order valence-electron chi connectivity index (χ3n) is 5.08. The molecule has 1 aromatic carbocycles. The Morgan fingerprint density at radius 1 is 1.35 bits per heavy atom. The predicted octanol–water partition coefficient (Wildman–Crippen LogP) is 4.45. The van der Waals surface area contributed by atoms with E-state index in [1.165, 1.54) is 25.7 Å². The summed E-state index contributed by atoms with van der Waals surface area (Å²) in [6.45, 7) is 2.05. The van der Waals surface area contributed by atoms with E-state index >= 15 is 0 Å². The first-order valence-electron chi connectivity index (χ1n) is 7.67. The predicted molar refractivity (Wildman–Crippen MR) is 84.3 cm³/mol. The number of hydrogen-bond donors (Lipinski definition) is 1. The molecule has 2 aliphatic rings. The number of fused-ring (bicyclic) bond motifs is 2. The minimum absolute atomic E-state index is 0.0664. The molecule has 4 atom stereocenters. The van der Waals surface area contributed by atoms with Crippen molar-refractivity contribution in [3.05, 3.63) is 34.3 Å². The summed E-state index contributed by atoms with van der Waals surface area (Å²) in [5, 5.41) is 3.15. The molecule has 2 bridgehead atoms. The van der Waals surface area contributed by atoms with Crippen molar-refractivity contribution in [3.8, 4) is 0 Å². The molecule has 1 amide bonds. The Kier molecular flexibility index (Phi) is 4.16. The summed E-state index contributed by atoms with van der Waals surface area (Å²) >= 11 is 3.55. The summed E-state index contributed by atoms with van der Waals surface area (Å²) in [4.78, 5) is 12.2. The monoisotopic (exact) mass is 335 g/mol. The van der Waals surface area contributed by atoms with E-state index in [9.17, 15) is 4.79 Å². The highest BCUT2D eigenvalue weighted by atomic mass is 79.9. The fourth-order valence-electron chi connectivity index (χ4n) is 4.07. The van der Waals surface area contributed by atoms with Gasteiger partial charge in [-0.15, -0.1) is 0 Å². The summed E-state index contributed by atoms with van der Waals surface area (Å²) in [6, 6.07) is 8.16. The van der Waals surface area contributed by atoms with Crippen LogP contribution in [0.15, 0.2) is 28.7 Å². The van der Waals surface area contributed by atoms with Crippen LogP contribution in [0.1, 0.15) is 50.6 Å². The highest BCUT2D eigenvalue weighted by molar-refractivity contribution is 9.10. The highest BCUT2D eigenvalue weighted by Gasteiger charge is 2.40. The Hall–Kier alpha value is -0.830. The molecule has 1 aromatic rings. The van der Waals surface area contributed by atoms with Crippen molar-refractivity contribution in [2.45, 2.75) is 45.1 Å². The van der Waals surface area contributed by atoms with E-state index < -0.39 is 0 Å². The van der Waals surface area contributed by atoms with Gasteiger partial charge in [-0.05, 0) is 55.6 Å². The van der Waals surface area contributed by atoms with Crippen molar-refractivity contribution in [2.75, 3.05) is 0 Å². The molecule has 1 N–H and O–H groups in total. The van der Waals surface area contributed by atoms with Crippen molar-refractivity contribution >= 4 is 21.8 Å². The second kappa shape index (κ2) is 5.88. The molecule has 2 saturated carbocycles. The van der Waals surface area contributed by atoms with Gasteiger partial charge in [0.25, 0.3) is 0 Å². The Morgan fingerprint density at radius 3 is 2.80 bits per heavy atom. The minimum Gasteiger partial charge on any atom is -0.350 e. The quantitative estimate of drug-likeness (QED) is 0.865. The second-order valence-corrected chi connectivity index (χ2v) is 7.30. The Bertz CT molecular complexity index is 502. The zero-order valence-electron chi connectivity index (χ0n) is 11.9. The van der Waals surface area contributed by atoms with E-state index in [1.807, 2.05) is 18.2 Å². The number of halogens is 1. The first kappa shape index (κ1) is 14.1. The molecule has 0 radical (unpaired) electrons. The number of carbonyl (C=O) groups excluding carboxylic acids is 1. The van der Waals surface area contributed by atoms with E-state index in [0.29, 0.717) is 5.92 Å². The molecule has 2 fully saturated rings. The van der Waals surface area contributed by atoms with Crippen LogP contribution in [-0.2, 0) is 4.79 Å². The number of hydrogen-bond acceptors (Lipinski definition) is 1. The van der Waals surface area contributed by atoms with E-state index in [-0.39, 0.29) is 11.9 Å². The van der Waals surface area contributed by atoms with E-state index in [1.54, 1.807) is 0 Å². The van der Waals surface area contributed by atoms with Crippen LogP contribution in [0.25, 0.3) is 0 Å². The molecule has 20 heavy (non-hydrogen) atoms. The van der Waals surface area contributed by atoms with Crippen LogP contribution >= 0.6 is 15.9 Å². The molecular formula is C17H22BrNO. The van der Waals surface area contributed by atoms with Crippen LogP contribution in [0.5, 0.6) is 0 Å². The largest absolute Gasteiger partial charge is 0.350 e. The van der Waals surface area contributed by atoms with Crippen LogP contribution in [-0.4, -0.2) is 5.91 Å². The van der Waals surface area contributed by atoms with Crippen LogP contribution in [0.3, 0.4) is 0 Å². The molecule has 2 aliphatic carbocycles. The zero-order chi connectivity index (χ0) is 14.1. The van der Waals surface area contributed by atoms with Gasteiger partial charge < -0.3 is 5.32 Å². The van der Waals surface area contributed by atoms with Gasteiger partial charge in [0.05, 0.1) is 6.04 Å². The average molecular weight is 336 g/mol. The average Bonchev–Trinajstić information content (AvgIpc) is 3.01. The molecule has 0 aromatic heterocycles. The number of carbonyl (C=O) groups is 1. The first-order valence-corrected chi connectivity index (χ1v) is 8.46. The summed E-state index contributed by atoms with van der Waals surface area (Å²) in [6.07, 6.45) is 6.12. The number of rotatable bonds is 4. The van der Waals surface area contributed by atoms with Crippen molar-refractivity contribution in [1.82, 2.24) is 5.32 Å². The molecule has 4 unspecified atom stereocenters. The van der Waals surface area contributed by atoms with Gasteiger partial charge in [-0.25, -0.2) is 0 Å². The number of nitrogens with one attached hydrogen (secondary N) is 1. The molecule has 0 spiro atoms. The van der Waals surface area contributed by atoms with Gasteiger partial charge in [0.1, 0.15) is 0 Å². The smallest absolute Gasteiger partial charge is 0.220 e. The third kappa shape index (κ3) is 2.93. The summed E-state index contributed by atoms with van der Waals surface area (Å²) in [5.41, 5.74) is 1.15. The van der Waals surface area contributed by atoms with Gasteiger partial charge in [0.15, 0.2) is 0 Å². The summed E-state index contributed by atoms with van der Waals surface area (Å²) < 4.78 is 1.06. The highest BCUT2D eigenvalue weighted by Crippen LogP contribution is 2.49. The van der Waals surface area contributed by atoms with Gasteiger partial charge in [-0.2, -0.15) is 0 Å². The zero-order valence-corrected chi connectivity index (χ0v) is 13.5. The lowest BCUT2D eigenvalue weighted by Gasteiger charge is -2.22. The molecule has 3 rings (SSSR count). The van der Waals surface area contributed by atoms with E-state index in [2.05, 4.69) is 34.2 Å². The third-order valence-corrected chi connectivity index (χ3v) is 5.80. The van der Waals surface area contributed by atoms with Gasteiger partial charge in [0, 0.05) is 10.9 Å². The SMILES string of the molecule is CC(NC(=O)CC1CC2CCC1C2)c1ccccc1Br. The lowest BCUT2D eigenvalue weighted by Crippen LogP contribution is -2.29. The minimum atomic E-state index is 0.0664. The normalized spacial score (nSPS) is 29.4. The van der Waals surface area contributed by atoms with Gasteiger partial charge in [0.2, 0.25) is 5.91 Å². The fourth-order valence-corrected chi connectivity index (χ4v) is 4.70. The molecule has 3 heteroatoms. The summed E-state index contributed by atoms with van der Waals surface area (Å²) in [5.74, 6) is 2.59. The maximum absolute atomic E-state index is 12.2. The maximum Gasteiger partial charge on any atom is 0.220 e. The van der Waals surface area contributed by atoms with Gasteiger partial charge >= 0.3 is 0 Å². The van der Waals surface area contributed by atoms with Crippen molar-refractivity contribution in [1.29, 1.82) is 0 Å². The molecule has 0 aliphatic heterocycles. The second-order valence-electron chi connectivity index (χ2n) is 6.45. The first-order chi connectivity index (χ1) is 9.63. The maximum atomic E-state index is 12.2. The Morgan fingerprint density at radius 2 is 2.15 bits per heavy atom. The number of benzene rings is 1. The fraction of sp³-hybridized carbons (Fsp3) is 0.588. The lowest BCUT2D eigenvalue weighted by atomic mass is 9.86.